The number of fused-ring (bicyclic) bond motifs is 1. The maximum atomic E-state index is 13.6. The monoisotopic (exact) mass is 504 g/mol. The van der Waals surface area contributed by atoms with Gasteiger partial charge in [0.2, 0.25) is 5.91 Å². The number of aryl methyl sites for hydroxylation is 2. The summed E-state index contributed by atoms with van der Waals surface area (Å²) in [6.45, 7) is 11.5. The number of hydrogen-bond acceptors (Lipinski definition) is 9. The topological polar surface area (TPSA) is 138 Å². The fourth-order valence-corrected chi connectivity index (χ4v) is 4.62. The number of aromatic nitrogens is 6. The van der Waals surface area contributed by atoms with Gasteiger partial charge in [-0.25, -0.2) is 24.9 Å². The number of carbonyl (C=O) groups excluding carboxylic acids is 1. The second-order valence-electron chi connectivity index (χ2n) is 9.48. The largest absolute Gasteiger partial charge is 0.391 e. The zero-order chi connectivity index (χ0) is 26.7. The first-order valence-corrected chi connectivity index (χ1v) is 12.8. The van der Waals surface area contributed by atoms with E-state index >= 15 is 0 Å². The summed E-state index contributed by atoms with van der Waals surface area (Å²) in [5.41, 5.74) is 4.59. The third-order valence-electron chi connectivity index (χ3n) is 6.77. The molecule has 0 aromatic carbocycles. The lowest BCUT2D eigenvalue weighted by molar-refractivity contribution is -0.131. The van der Waals surface area contributed by atoms with Gasteiger partial charge in [-0.05, 0) is 26.2 Å². The molecule has 4 heterocycles. The van der Waals surface area contributed by atoms with Gasteiger partial charge in [0.25, 0.3) is 0 Å². The van der Waals surface area contributed by atoms with E-state index in [1.165, 1.54) is 6.33 Å². The van der Waals surface area contributed by atoms with Crippen LogP contribution in [0.1, 0.15) is 46.4 Å². The Labute approximate surface area is 217 Å². The van der Waals surface area contributed by atoms with Crippen molar-refractivity contribution in [2.24, 2.45) is 5.92 Å². The summed E-state index contributed by atoms with van der Waals surface area (Å²) in [6.07, 6.45) is 6.28. The number of nitrogens with one attached hydrogen (secondary N) is 3. The highest BCUT2D eigenvalue weighted by molar-refractivity contribution is 6.01. The average Bonchev–Trinajstić information content (AvgIpc) is 3.30. The minimum atomic E-state index is -0.485. The van der Waals surface area contributed by atoms with Crippen LogP contribution in [-0.2, 0) is 11.3 Å². The van der Waals surface area contributed by atoms with Crippen molar-refractivity contribution in [1.82, 2.24) is 39.7 Å². The van der Waals surface area contributed by atoms with Gasteiger partial charge in [0.05, 0.1) is 5.56 Å². The summed E-state index contributed by atoms with van der Waals surface area (Å²) in [7, 11) is 1.88. The van der Waals surface area contributed by atoms with Crippen LogP contribution < -0.4 is 10.6 Å². The molecule has 1 atom stereocenters. The zero-order valence-corrected chi connectivity index (χ0v) is 22.5. The van der Waals surface area contributed by atoms with E-state index in [2.05, 4.69) is 30.6 Å². The molecule has 4 rings (SSSR count). The molecule has 1 aliphatic rings. The van der Waals surface area contributed by atoms with Crippen molar-refractivity contribution in [3.8, 4) is 11.4 Å². The van der Waals surface area contributed by atoms with E-state index in [9.17, 15) is 4.79 Å². The summed E-state index contributed by atoms with van der Waals surface area (Å²) in [5.74, 6) is 1.99. The van der Waals surface area contributed by atoms with Crippen LogP contribution in [0.15, 0.2) is 30.0 Å². The highest BCUT2D eigenvalue weighted by Gasteiger charge is 2.30. The third kappa shape index (κ3) is 5.16. The Morgan fingerprint density at radius 1 is 1.16 bits per heavy atom. The smallest absolute Gasteiger partial charge is 0.245 e. The van der Waals surface area contributed by atoms with Crippen LogP contribution in [0.3, 0.4) is 0 Å². The van der Waals surface area contributed by atoms with E-state index in [0.29, 0.717) is 66.8 Å². The van der Waals surface area contributed by atoms with Crippen molar-refractivity contribution >= 4 is 28.6 Å². The average molecular weight is 505 g/mol. The normalized spacial score (nSPS) is 14.8. The molecule has 0 saturated carbocycles. The first-order chi connectivity index (χ1) is 17.8. The third-order valence-corrected chi connectivity index (χ3v) is 6.77. The van der Waals surface area contributed by atoms with Gasteiger partial charge in [0.1, 0.15) is 24.0 Å². The molecule has 0 saturated heterocycles. The van der Waals surface area contributed by atoms with Crippen LogP contribution >= 0.6 is 0 Å². The van der Waals surface area contributed by atoms with Crippen LogP contribution in [0.25, 0.3) is 22.6 Å². The standard InChI is InChI=1S/C26H36N10O/c1-7-19(26(37)35-10-9-20(28-6)18(13-35)21(27)15(3)4)33-23-22-25(32-14-31-23)36(8-2)24(34-22)17-11-29-16(5)30-12-17/h11-12,14-15,19,27-28H,7-10,13H2,1-6H3,(H,31,32,33). The van der Waals surface area contributed by atoms with E-state index in [4.69, 9.17) is 10.4 Å². The Morgan fingerprint density at radius 2 is 1.89 bits per heavy atom. The quantitative estimate of drug-likeness (QED) is 0.378. The Balaban J connectivity index is 1.63. The van der Waals surface area contributed by atoms with Crippen molar-refractivity contribution in [3.63, 3.8) is 0 Å². The lowest BCUT2D eigenvalue weighted by atomic mass is 9.94. The van der Waals surface area contributed by atoms with Crippen molar-refractivity contribution in [2.75, 3.05) is 25.5 Å². The molecule has 11 heteroatoms. The minimum absolute atomic E-state index is 0.0134. The predicted octanol–water partition coefficient (Wildman–Crippen LogP) is 3.18. The molecule has 1 unspecified atom stereocenters. The fraction of sp³-hybridized carbons (Fsp3) is 0.500. The van der Waals surface area contributed by atoms with Crippen molar-refractivity contribution in [3.05, 3.63) is 35.8 Å². The van der Waals surface area contributed by atoms with Crippen molar-refractivity contribution < 1.29 is 4.79 Å². The molecule has 1 amide bonds. The molecule has 3 aromatic heterocycles. The number of amides is 1. The maximum absolute atomic E-state index is 13.6. The predicted molar refractivity (Wildman–Crippen MR) is 144 cm³/mol. The first kappa shape index (κ1) is 26.2. The van der Waals surface area contributed by atoms with E-state index in [1.54, 1.807) is 12.4 Å². The Bertz CT molecular complexity index is 1330. The van der Waals surface area contributed by atoms with E-state index < -0.39 is 6.04 Å². The molecule has 3 N–H and O–H groups in total. The molecular formula is C26H36N10O. The van der Waals surface area contributed by atoms with E-state index in [0.717, 1.165) is 16.8 Å². The van der Waals surface area contributed by atoms with Crippen LogP contribution in [0, 0.1) is 18.3 Å². The summed E-state index contributed by atoms with van der Waals surface area (Å²) in [4.78, 5) is 37.9. The number of hydrogen-bond donors (Lipinski definition) is 3. The highest BCUT2D eigenvalue weighted by Crippen LogP contribution is 2.27. The molecule has 37 heavy (non-hydrogen) atoms. The van der Waals surface area contributed by atoms with Crippen molar-refractivity contribution in [1.29, 1.82) is 5.41 Å². The van der Waals surface area contributed by atoms with Gasteiger partial charge in [0.15, 0.2) is 17.0 Å². The molecule has 0 radical (unpaired) electrons. The van der Waals surface area contributed by atoms with Crippen LogP contribution in [0.5, 0.6) is 0 Å². The van der Waals surface area contributed by atoms with E-state index in [-0.39, 0.29) is 11.8 Å². The summed E-state index contributed by atoms with van der Waals surface area (Å²) < 4.78 is 2.00. The van der Waals surface area contributed by atoms with Gasteiger partial charge < -0.3 is 25.5 Å². The van der Waals surface area contributed by atoms with Gasteiger partial charge in [0, 0.05) is 62.5 Å². The summed E-state index contributed by atoms with van der Waals surface area (Å²) in [6, 6.07) is -0.485. The molecule has 11 nitrogen and oxygen atoms in total. The number of rotatable bonds is 9. The second kappa shape index (κ2) is 11.0. The Morgan fingerprint density at radius 3 is 2.51 bits per heavy atom. The van der Waals surface area contributed by atoms with E-state index in [1.807, 2.05) is 51.1 Å². The van der Waals surface area contributed by atoms with Crippen molar-refractivity contribution in [2.45, 2.75) is 60.0 Å². The molecule has 0 spiro atoms. The SMILES string of the molecule is CCC(Nc1ncnc2c1nc(-c1cnc(C)nc1)n2CC)C(=O)N1CCC(NC)=C(C(=N)C(C)C)C1. The van der Waals surface area contributed by atoms with Gasteiger partial charge in [-0.2, -0.15) is 0 Å². The Kier molecular flexibility index (Phi) is 7.80. The summed E-state index contributed by atoms with van der Waals surface area (Å²) in [5, 5.41) is 15.1. The number of carbonyl (C=O) groups is 1. The summed E-state index contributed by atoms with van der Waals surface area (Å²) >= 11 is 0. The van der Waals surface area contributed by atoms with Crippen LogP contribution in [0.4, 0.5) is 5.82 Å². The fourth-order valence-electron chi connectivity index (χ4n) is 4.62. The number of anilines is 1. The number of nitrogens with zero attached hydrogens (tertiary/aromatic N) is 7. The van der Waals surface area contributed by atoms with Gasteiger partial charge >= 0.3 is 0 Å². The molecular weight excluding hydrogens is 468 g/mol. The number of imidazole rings is 1. The molecule has 0 fully saturated rings. The lowest BCUT2D eigenvalue weighted by Gasteiger charge is -2.34. The minimum Gasteiger partial charge on any atom is -0.391 e. The molecule has 0 bridgehead atoms. The molecule has 196 valence electrons. The van der Waals surface area contributed by atoms with Crippen LogP contribution in [-0.4, -0.2) is 72.2 Å². The van der Waals surface area contributed by atoms with Gasteiger partial charge in [-0.3, -0.25) is 4.79 Å². The Hall–Kier alpha value is -3.89. The molecule has 3 aromatic rings. The maximum Gasteiger partial charge on any atom is 0.245 e. The van der Waals surface area contributed by atoms with Gasteiger partial charge in [-0.1, -0.05) is 20.8 Å². The van der Waals surface area contributed by atoms with Gasteiger partial charge in [-0.15, -0.1) is 0 Å². The lowest BCUT2D eigenvalue weighted by Crippen LogP contribution is -2.47. The van der Waals surface area contributed by atoms with Crippen LogP contribution in [0.2, 0.25) is 0 Å². The zero-order valence-electron chi connectivity index (χ0n) is 22.5. The highest BCUT2D eigenvalue weighted by atomic mass is 16.2. The second-order valence-corrected chi connectivity index (χ2v) is 9.48. The first-order valence-electron chi connectivity index (χ1n) is 12.8. The molecule has 0 aliphatic carbocycles. The molecule has 1 aliphatic heterocycles.